The Morgan fingerprint density at radius 3 is 2.73 bits per heavy atom. The lowest BCUT2D eigenvalue weighted by Gasteiger charge is -2.35. The van der Waals surface area contributed by atoms with Crippen molar-refractivity contribution in [1.29, 1.82) is 0 Å². The molecule has 0 unspecified atom stereocenters. The van der Waals surface area contributed by atoms with Gasteiger partial charge in [-0.15, -0.1) is 0 Å². The van der Waals surface area contributed by atoms with E-state index in [4.69, 9.17) is 9.15 Å². The van der Waals surface area contributed by atoms with Crippen LogP contribution >= 0.6 is 15.9 Å². The molecule has 1 aromatic rings. The predicted molar refractivity (Wildman–Crippen MR) is 85.4 cm³/mol. The first-order valence-electron chi connectivity index (χ1n) is 7.65. The van der Waals surface area contributed by atoms with E-state index in [-0.39, 0.29) is 17.7 Å². The Hall–Kier alpha value is -1.30. The minimum absolute atomic E-state index is 0.0752. The highest BCUT2D eigenvalue weighted by Crippen LogP contribution is 2.29. The second-order valence-electron chi connectivity index (χ2n) is 6.03. The number of nitrogens with one attached hydrogen (secondary N) is 1. The normalized spacial score (nSPS) is 26.3. The molecule has 4 atom stereocenters. The number of hydrogen-bond acceptors (Lipinski definition) is 4. The summed E-state index contributed by atoms with van der Waals surface area (Å²) in [6, 6.07) is 3.25. The van der Waals surface area contributed by atoms with Crippen molar-refractivity contribution < 1.29 is 18.7 Å². The van der Waals surface area contributed by atoms with Gasteiger partial charge in [0.2, 0.25) is 5.76 Å². The van der Waals surface area contributed by atoms with Gasteiger partial charge in [0.05, 0.1) is 0 Å². The first kappa shape index (κ1) is 17.1. The van der Waals surface area contributed by atoms with Gasteiger partial charge in [-0.25, -0.2) is 4.79 Å². The number of ether oxygens (including phenoxy) is 1. The Morgan fingerprint density at radius 1 is 1.36 bits per heavy atom. The van der Waals surface area contributed by atoms with E-state index in [1.54, 1.807) is 13.0 Å². The fourth-order valence-corrected chi connectivity index (χ4v) is 3.09. The van der Waals surface area contributed by atoms with E-state index in [1.807, 2.05) is 0 Å². The Labute approximate surface area is 138 Å². The van der Waals surface area contributed by atoms with Gasteiger partial charge in [-0.05, 0) is 53.2 Å². The smallest absolute Gasteiger partial charge is 0.375 e. The van der Waals surface area contributed by atoms with E-state index in [1.165, 1.54) is 12.5 Å². The molecule has 0 aromatic carbocycles. The maximum Gasteiger partial charge on any atom is 0.375 e. The van der Waals surface area contributed by atoms with Crippen LogP contribution in [0.25, 0.3) is 0 Å². The molecule has 1 aromatic heterocycles. The Kier molecular flexibility index (Phi) is 5.67. The largest absolute Gasteiger partial charge is 0.447 e. The van der Waals surface area contributed by atoms with Crippen LogP contribution in [0.2, 0.25) is 0 Å². The molecule has 1 saturated carbocycles. The lowest BCUT2D eigenvalue weighted by atomic mass is 9.78. The maximum atomic E-state index is 12.2. The maximum absolute atomic E-state index is 12.2. The van der Waals surface area contributed by atoms with Crippen LogP contribution in [-0.4, -0.2) is 24.0 Å². The van der Waals surface area contributed by atoms with E-state index in [9.17, 15) is 9.59 Å². The van der Waals surface area contributed by atoms with Crippen molar-refractivity contribution in [2.75, 3.05) is 0 Å². The molecule has 0 aliphatic heterocycles. The molecule has 1 N–H and O–H groups in total. The molecule has 1 heterocycles. The molecule has 1 aliphatic rings. The quantitative estimate of drug-likeness (QED) is 0.821. The third kappa shape index (κ3) is 4.12. The lowest BCUT2D eigenvalue weighted by molar-refractivity contribution is -0.130. The van der Waals surface area contributed by atoms with Gasteiger partial charge in [0.15, 0.2) is 10.8 Å². The summed E-state index contributed by atoms with van der Waals surface area (Å²) >= 11 is 3.12. The molecule has 1 amide bonds. The number of halogens is 1. The molecule has 1 fully saturated rings. The minimum Gasteiger partial charge on any atom is -0.447 e. The monoisotopic (exact) mass is 371 g/mol. The van der Waals surface area contributed by atoms with Gasteiger partial charge in [-0.2, -0.15) is 0 Å². The molecule has 0 spiro atoms. The molecule has 6 heteroatoms. The topological polar surface area (TPSA) is 68.5 Å². The zero-order chi connectivity index (χ0) is 16.3. The molecule has 122 valence electrons. The predicted octanol–water partition coefficient (Wildman–Crippen LogP) is 3.53. The van der Waals surface area contributed by atoms with Crippen molar-refractivity contribution in [1.82, 2.24) is 5.32 Å². The SMILES string of the molecule is C[C@@H]1[C@H](C)CCC[C@H]1NC(=O)[C@@H](C)OC(=O)c1ccc(Br)o1. The average Bonchev–Trinajstić information content (AvgIpc) is 2.90. The highest BCUT2D eigenvalue weighted by molar-refractivity contribution is 9.10. The van der Waals surface area contributed by atoms with E-state index in [2.05, 4.69) is 35.1 Å². The van der Waals surface area contributed by atoms with Crippen LogP contribution in [0.3, 0.4) is 0 Å². The zero-order valence-electron chi connectivity index (χ0n) is 13.1. The van der Waals surface area contributed by atoms with Crippen LogP contribution in [-0.2, 0) is 9.53 Å². The summed E-state index contributed by atoms with van der Waals surface area (Å²) in [7, 11) is 0. The van der Waals surface area contributed by atoms with Crippen molar-refractivity contribution in [2.45, 2.75) is 52.2 Å². The van der Waals surface area contributed by atoms with Gasteiger partial charge in [0.25, 0.3) is 5.91 Å². The van der Waals surface area contributed by atoms with Crippen molar-refractivity contribution in [3.63, 3.8) is 0 Å². The summed E-state index contributed by atoms with van der Waals surface area (Å²) in [5.74, 6) is 0.202. The fourth-order valence-electron chi connectivity index (χ4n) is 2.78. The van der Waals surface area contributed by atoms with Gasteiger partial charge < -0.3 is 14.5 Å². The molecular weight excluding hydrogens is 350 g/mol. The lowest BCUT2D eigenvalue weighted by Crippen LogP contribution is -2.47. The average molecular weight is 372 g/mol. The number of esters is 1. The van der Waals surface area contributed by atoms with E-state index >= 15 is 0 Å². The molecule has 22 heavy (non-hydrogen) atoms. The summed E-state index contributed by atoms with van der Waals surface area (Å²) in [5.41, 5.74) is 0. The molecule has 0 radical (unpaired) electrons. The molecule has 0 bridgehead atoms. The second-order valence-corrected chi connectivity index (χ2v) is 6.82. The van der Waals surface area contributed by atoms with Crippen LogP contribution in [0.1, 0.15) is 50.6 Å². The highest BCUT2D eigenvalue weighted by Gasteiger charge is 2.30. The van der Waals surface area contributed by atoms with E-state index < -0.39 is 12.1 Å². The standard InChI is InChI=1S/C16H22BrNO4/c1-9-5-4-6-12(10(9)2)18-15(19)11(3)21-16(20)13-7-8-14(17)22-13/h7-12H,4-6H2,1-3H3,(H,18,19)/t9-,10-,11-,12-/m1/s1. The number of amides is 1. The molecule has 0 saturated heterocycles. The van der Waals surface area contributed by atoms with Gasteiger partial charge in [0, 0.05) is 6.04 Å². The van der Waals surface area contributed by atoms with Crippen LogP contribution in [0.5, 0.6) is 0 Å². The zero-order valence-corrected chi connectivity index (χ0v) is 14.7. The number of rotatable bonds is 4. The highest BCUT2D eigenvalue weighted by atomic mass is 79.9. The Balaban J connectivity index is 1.88. The summed E-state index contributed by atoms with van der Waals surface area (Å²) < 4.78 is 10.7. The van der Waals surface area contributed by atoms with Crippen molar-refractivity contribution in [2.24, 2.45) is 11.8 Å². The molecular formula is C16H22BrNO4. The van der Waals surface area contributed by atoms with Gasteiger partial charge in [0.1, 0.15) is 0 Å². The minimum atomic E-state index is -0.846. The van der Waals surface area contributed by atoms with Gasteiger partial charge in [-0.3, -0.25) is 4.79 Å². The summed E-state index contributed by atoms with van der Waals surface area (Å²) in [4.78, 5) is 24.1. The van der Waals surface area contributed by atoms with E-state index in [0.717, 1.165) is 12.8 Å². The van der Waals surface area contributed by atoms with Crippen LogP contribution < -0.4 is 5.32 Å². The first-order valence-corrected chi connectivity index (χ1v) is 8.44. The molecule has 2 rings (SSSR count). The fraction of sp³-hybridized carbons (Fsp3) is 0.625. The number of carbonyl (C=O) groups excluding carboxylic acids is 2. The Bertz CT molecular complexity index is 542. The number of furan rings is 1. The number of hydrogen-bond donors (Lipinski definition) is 1. The second kappa shape index (κ2) is 7.31. The molecule has 5 nitrogen and oxygen atoms in total. The summed E-state index contributed by atoms with van der Waals surface area (Å²) in [6.45, 7) is 5.94. The van der Waals surface area contributed by atoms with Crippen LogP contribution in [0, 0.1) is 11.8 Å². The van der Waals surface area contributed by atoms with Crippen LogP contribution in [0.15, 0.2) is 21.2 Å². The molecule has 1 aliphatic carbocycles. The number of carbonyl (C=O) groups is 2. The summed E-state index contributed by atoms with van der Waals surface area (Å²) in [6.07, 6.45) is 2.44. The third-order valence-corrected chi connectivity index (χ3v) is 4.89. The van der Waals surface area contributed by atoms with E-state index in [0.29, 0.717) is 16.5 Å². The first-order chi connectivity index (χ1) is 10.4. The third-order valence-electron chi connectivity index (χ3n) is 4.46. The van der Waals surface area contributed by atoms with Crippen LogP contribution in [0.4, 0.5) is 0 Å². The van der Waals surface area contributed by atoms with Crippen molar-refractivity contribution in [3.8, 4) is 0 Å². The van der Waals surface area contributed by atoms with Crippen molar-refractivity contribution >= 4 is 27.8 Å². The van der Waals surface area contributed by atoms with Gasteiger partial charge >= 0.3 is 5.97 Å². The van der Waals surface area contributed by atoms with Gasteiger partial charge in [-0.1, -0.05) is 26.7 Å². The Morgan fingerprint density at radius 2 is 2.09 bits per heavy atom. The summed E-state index contributed by atoms with van der Waals surface area (Å²) in [5, 5.41) is 3.00. The van der Waals surface area contributed by atoms with Crippen molar-refractivity contribution in [3.05, 3.63) is 22.6 Å².